The Hall–Kier alpha value is -1.89. The van der Waals surface area contributed by atoms with Crippen LogP contribution in [0.1, 0.15) is 16.8 Å². The molecule has 1 aromatic rings. The molecule has 0 aromatic carbocycles. The molecule has 0 saturated heterocycles. The van der Waals surface area contributed by atoms with Crippen molar-refractivity contribution in [2.24, 2.45) is 5.73 Å². The van der Waals surface area contributed by atoms with Crippen LogP contribution in [0.5, 0.6) is 0 Å². The molecule has 0 amide bonds. The number of aromatic amines is 1. The van der Waals surface area contributed by atoms with Crippen LogP contribution in [0.25, 0.3) is 0 Å². The summed E-state index contributed by atoms with van der Waals surface area (Å²) in [5, 5.41) is 8.65. The number of carbonyl (C=O) groups is 1. The molecule has 0 atom stereocenters. The number of rotatable bonds is 4. The van der Waals surface area contributed by atoms with Gasteiger partial charge in [0.2, 0.25) is 0 Å². The van der Waals surface area contributed by atoms with E-state index < -0.39 is 22.8 Å². The second-order valence-electron chi connectivity index (χ2n) is 2.94. The zero-order valence-electron chi connectivity index (χ0n) is 7.90. The number of nitrogens with zero attached hydrogens (tertiary/aromatic N) is 1. The Morgan fingerprint density at radius 2 is 2.20 bits per heavy atom. The first kappa shape index (κ1) is 11.2. The Labute approximate surface area is 84.2 Å². The van der Waals surface area contributed by atoms with Gasteiger partial charge in [0.25, 0.3) is 5.56 Å². The summed E-state index contributed by atoms with van der Waals surface area (Å²) in [6, 6.07) is 0. The van der Waals surface area contributed by atoms with Crippen LogP contribution >= 0.6 is 0 Å². The van der Waals surface area contributed by atoms with Crippen LogP contribution in [0.2, 0.25) is 0 Å². The lowest BCUT2D eigenvalue weighted by Gasteiger charge is -2.03. The summed E-state index contributed by atoms with van der Waals surface area (Å²) >= 11 is 0. The average molecular weight is 213 g/mol. The van der Waals surface area contributed by atoms with E-state index in [1.54, 1.807) is 0 Å². The highest BCUT2D eigenvalue weighted by molar-refractivity contribution is 5.86. The fourth-order valence-electron chi connectivity index (χ4n) is 1.09. The summed E-state index contributed by atoms with van der Waals surface area (Å²) in [7, 11) is 0. The molecule has 82 valence electrons. The van der Waals surface area contributed by atoms with Crippen molar-refractivity contribution in [2.75, 3.05) is 6.54 Å². The van der Waals surface area contributed by atoms with Gasteiger partial charge in [0.15, 0.2) is 0 Å². The van der Waals surface area contributed by atoms with Crippen LogP contribution in [0.15, 0.2) is 15.8 Å². The molecule has 0 aliphatic heterocycles. The molecule has 0 radical (unpaired) electrons. The van der Waals surface area contributed by atoms with Gasteiger partial charge in [-0.1, -0.05) is 0 Å². The molecule has 0 aliphatic carbocycles. The van der Waals surface area contributed by atoms with E-state index in [0.29, 0.717) is 13.0 Å². The maximum Gasteiger partial charge on any atom is 0.342 e. The Kier molecular flexibility index (Phi) is 3.40. The van der Waals surface area contributed by atoms with E-state index >= 15 is 0 Å². The van der Waals surface area contributed by atoms with Crippen molar-refractivity contribution in [3.05, 3.63) is 32.6 Å². The van der Waals surface area contributed by atoms with E-state index in [9.17, 15) is 14.4 Å². The van der Waals surface area contributed by atoms with E-state index in [1.807, 2.05) is 4.98 Å². The van der Waals surface area contributed by atoms with Crippen LogP contribution in [0.4, 0.5) is 0 Å². The van der Waals surface area contributed by atoms with Gasteiger partial charge in [-0.15, -0.1) is 0 Å². The smallest absolute Gasteiger partial charge is 0.342 e. The number of H-pyrrole nitrogens is 1. The SMILES string of the molecule is NCCCn1cc(C(=O)O)c(=O)[nH]c1=O. The molecule has 0 fully saturated rings. The minimum Gasteiger partial charge on any atom is -0.477 e. The highest BCUT2D eigenvalue weighted by atomic mass is 16.4. The van der Waals surface area contributed by atoms with Crippen molar-refractivity contribution in [3.8, 4) is 0 Å². The number of aryl methyl sites for hydroxylation is 1. The van der Waals surface area contributed by atoms with Gasteiger partial charge in [0.05, 0.1) is 0 Å². The van der Waals surface area contributed by atoms with Crippen LogP contribution < -0.4 is 17.0 Å². The summed E-state index contributed by atoms with van der Waals surface area (Å²) in [4.78, 5) is 34.8. The van der Waals surface area contributed by atoms with Crippen molar-refractivity contribution in [1.82, 2.24) is 9.55 Å². The van der Waals surface area contributed by atoms with Gasteiger partial charge >= 0.3 is 11.7 Å². The Bertz CT molecular complexity index is 474. The molecule has 4 N–H and O–H groups in total. The Balaban J connectivity index is 3.18. The largest absolute Gasteiger partial charge is 0.477 e. The third-order valence-electron chi connectivity index (χ3n) is 1.84. The third-order valence-corrected chi connectivity index (χ3v) is 1.84. The Morgan fingerprint density at radius 3 is 2.73 bits per heavy atom. The second-order valence-corrected chi connectivity index (χ2v) is 2.94. The van der Waals surface area contributed by atoms with E-state index in [4.69, 9.17) is 10.8 Å². The number of nitrogens with one attached hydrogen (secondary N) is 1. The van der Waals surface area contributed by atoms with Crippen LogP contribution in [0, 0.1) is 0 Å². The molecule has 1 heterocycles. The van der Waals surface area contributed by atoms with Crippen molar-refractivity contribution in [2.45, 2.75) is 13.0 Å². The first-order valence-corrected chi connectivity index (χ1v) is 4.33. The lowest BCUT2D eigenvalue weighted by atomic mass is 10.3. The minimum atomic E-state index is -1.36. The third kappa shape index (κ3) is 2.53. The van der Waals surface area contributed by atoms with E-state index in [-0.39, 0.29) is 6.54 Å². The van der Waals surface area contributed by atoms with Gasteiger partial charge in [-0.05, 0) is 13.0 Å². The summed E-state index contributed by atoms with van der Waals surface area (Å²) in [5.41, 5.74) is 3.28. The molecule has 0 aliphatic rings. The Morgan fingerprint density at radius 1 is 1.53 bits per heavy atom. The van der Waals surface area contributed by atoms with Crippen molar-refractivity contribution in [1.29, 1.82) is 0 Å². The van der Waals surface area contributed by atoms with Gasteiger partial charge in [0, 0.05) is 12.7 Å². The topological polar surface area (TPSA) is 118 Å². The average Bonchev–Trinajstić information content (AvgIpc) is 2.16. The number of hydrogen-bond donors (Lipinski definition) is 3. The van der Waals surface area contributed by atoms with Crippen molar-refractivity contribution < 1.29 is 9.90 Å². The number of carboxylic acids is 1. The number of hydrogen-bond acceptors (Lipinski definition) is 4. The summed E-state index contributed by atoms with van der Waals surface area (Å²) in [6.07, 6.45) is 1.56. The molecule has 0 spiro atoms. The van der Waals surface area contributed by atoms with E-state index in [2.05, 4.69) is 0 Å². The van der Waals surface area contributed by atoms with E-state index in [0.717, 1.165) is 10.8 Å². The molecule has 0 saturated carbocycles. The number of nitrogens with two attached hydrogens (primary N) is 1. The molecule has 7 heteroatoms. The quantitative estimate of drug-likeness (QED) is 0.567. The number of aromatic nitrogens is 2. The maximum atomic E-state index is 11.2. The van der Waals surface area contributed by atoms with Gasteiger partial charge in [-0.2, -0.15) is 0 Å². The number of carboxylic acid groups (broad SMARTS) is 1. The predicted octanol–water partition coefficient (Wildman–Crippen LogP) is -1.42. The summed E-state index contributed by atoms with van der Waals surface area (Å²) < 4.78 is 1.12. The predicted molar refractivity (Wildman–Crippen MR) is 52.0 cm³/mol. The highest BCUT2D eigenvalue weighted by Crippen LogP contribution is 1.89. The van der Waals surface area contributed by atoms with E-state index in [1.165, 1.54) is 0 Å². The van der Waals surface area contributed by atoms with Gasteiger partial charge in [0.1, 0.15) is 5.56 Å². The maximum absolute atomic E-state index is 11.2. The van der Waals surface area contributed by atoms with Gasteiger partial charge in [-0.25, -0.2) is 9.59 Å². The normalized spacial score (nSPS) is 10.2. The summed E-state index contributed by atoms with van der Waals surface area (Å²) in [5.74, 6) is -1.36. The minimum absolute atomic E-state index is 0.284. The number of aromatic carboxylic acids is 1. The molecular formula is C8H11N3O4. The van der Waals surface area contributed by atoms with Crippen LogP contribution in [0.3, 0.4) is 0 Å². The molecular weight excluding hydrogens is 202 g/mol. The molecule has 0 bridgehead atoms. The monoisotopic (exact) mass is 213 g/mol. The molecule has 0 unspecified atom stereocenters. The molecule has 1 rings (SSSR count). The lowest BCUT2D eigenvalue weighted by molar-refractivity contribution is 0.0693. The van der Waals surface area contributed by atoms with Gasteiger partial charge < -0.3 is 10.8 Å². The second kappa shape index (κ2) is 4.56. The van der Waals surface area contributed by atoms with Crippen molar-refractivity contribution in [3.63, 3.8) is 0 Å². The highest BCUT2D eigenvalue weighted by Gasteiger charge is 2.10. The first-order valence-electron chi connectivity index (χ1n) is 4.33. The molecule has 15 heavy (non-hydrogen) atoms. The molecule has 1 aromatic heterocycles. The fraction of sp³-hybridized carbons (Fsp3) is 0.375. The standard InChI is InChI=1S/C8H11N3O4/c9-2-1-3-11-4-5(7(13)14)6(12)10-8(11)15/h4H,1-3,9H2,(H,13,14)(H,10,12,15). The summed E-state index contributed by atoms with van der Waals surface area (Å²) in [6.45, 7) is 0.667. The first-order chi connectivity index (χ1) is 7.06. The van der Waals surface area contributed by atoms with Crippen LogP contribution in [-0.4, -0.2) is 27.2 Å². The zero-order valence-corrected chi connectivity index (χ0v) is 7.90. The molecule has 7 nitrogen and oxygen atoms in total. The lowest BCUT2D eigenvalue weighted by Crippen LogP contribution is -2.33. The van der Waals surface area contributed by atoms with Gasteiger partial charge in [-0.3, -0.25) is 14.3 Å². The van der Waals surface area contributed by atoms with Crippen molar-refractivity contribution >= 4 is 5.97 Å². The zero-order chi connectivity index (χ0) is 11.4. The van der Waals surface area contributed by atoms with Crippen LogP contribution in [-0.2, 0) is 6.54 Å². The fourth-order valence-corrected chi connectivity index (χ4v) is 1.09.